The second-order valence-corrected chi connectivity index (χ2v) is 2.83. The van der Waals surface area contributed by atoms with Gasteiger partial charge in [-0.3, -0.25) is 5.84 Å². The summed E-state index contributed by atoms with van der Waals surface area (Å²) in [4.78, 5) is 0. The first-order chi connectivity index (χ1) is 6.45. The number of aliphatic hydroxyl groups excluding tert-OH is 6. The molecule has 0 rings (SSSR count). The quantitative estimate of drug-likeness (QED) is 0.124. The lowest BCUT2D eigenvalue weighted by atomic mass is 10.0. The molecule has 14 heavy (non-hydrogen) atoms. The van der Waals surface area contributed by atoms with Gasteiger partial charge in [-0.1, -0.05) is 0 Å². The minimum atomic E-state index is -1.83. The van der Waals surface area contributed by atoms with Gasteiger partial charge in [-0.15, -0.1) is 0 Å². The van der Waals surface area contributed by atoms with Crippen LogP contribution in [0.25, 0.3) is 0 Å². The maximum absolute atomic E-state index is 9.16. The van der Waals surface area contributed by atoms with Gasteiger partial charge in [0.1, 0.15) is 30.6 Å². The molecule has 0 aliphatic rings. The van der Waals surface area contributed by atoms with Crippen LogP contribution in [-0.2, 0) is 0 Å². The van der Waals surface area contributed by atoms with E-state index in [1.807, 2.05) is 0 Å². The van der Waals surface area contributed by atoms with Crippen molar-refractivity contribution in [3.8, 4) is 0 Å². The Hall–Kier alpha value is -0.320. The molecule has 8 heteroatoms. The minimum Gasteiger partial charge on any atom is -0.394 e. The van der Waals surface area contributed by atoms with Crippen LogP contribution in [0.3, 0.4) is 0 Å². The van der Waals surface area contributed by atoms with Crippen LogP contribution >= 0.6 is 0 Å². The number of rotatable bonds is 6. The van der Waals surface area contributed by atoms with Gasteiger partial charge in [0.05, 0.1) is 6.61 Å². The molecule has 9 N–H and O–H groups in total. The molecule has 0 aromatic rings. The molecule has 0 bridgehead atoms. The van der Waals surface area contributed by atoms with Crippen LogP contribution in [0.2, 0.25) is 0 Å². The Balaban J connectivity index is 4.22. The average Bonchev–Trinajstić information content (AvgIpc) is 2.23. The predicted octanol–water partition coefficient (Wildman–Crippen LogP) is -4.80. The summed E-state index contributed by atoms with van der Waals surface area (Å²) in [5.41, 5.74) is 1.75. The van der Waals surface area contributed by atoms with E-state index in [1.54, 1.807) is 5.43 Å². The van der Waals surface area contributed by atoms with Crippen molar-refractivity contribution >= 4 is 0 Å². The van der Waals surface area contributed by atoms with E-state index < -0.39 is 37.3 Å². The van der Waals surface area contributed by atoms with Crippen LogP contribution in [0.1, 0.15) is 0 Å². The largest absolute Gasteiger partial charge is 0.394 e. The number of hydrogen-bond acceptors (Lipinski definition) is 8. The van der Waals surface area contributed by atoms with Gasteiger partial charge in [0.15, 0.2) is 0 Å². The zero-order valence-corrected chi connectivity index (χ0v) is 7.35. The number of hydrazine groups is 1. The first kappa shape index (κ1) is 13.7. The zero-order chi connectivity index (χ0) is 11.3. The fourth-order valence-electron chi connectivity index (χ4n) is 0.823. The monoisotopic (exact) mass is 212 g/mol. The third-order valence-corrected chi connectivity index (χ3v) is 1.78. The van der Waals surface area contributed by atoms with Crippen LogP contribution in [0.5, 0.6) is 0 Å². The van der Waals surface area contributed by atoms with E-state index in [0.29, 0.717) is 0 Å². The molecular formula is C6H16N2O6. The second kappa shape index (κ2) is 6.22. The zero-order valence-electron chi connectivity index (χ0n) is 7.35. The average molecular weight is 212 g/mol. The molecule has 0 aromatic carbocycles. The summed E-state index contributed by atoms with van der Waals surface area (Å²) in [6, 6.07) is 0. The predicted molar refractivity (Wildman–Crippen MR) is 44.4 cm³/mol. The van der Waals surface area contributed by atoms with Crippen molar-refractivity contribution in [1.29, 1.82) is 0 Å². The van der Waals surface area contributed by atoms with E-state index in [0.717, 1.165) is 0 Å². The molecule has 1 unspecified atom stereocenters. The van der Waals surface area contributed by atoms with E-state index in [2.05, 4.69) is 0 Å². The number of hydrogen-bond donors (Lipinski definition) is 8. The van der Waals surface area contributed by atoms with Crippen molar-refractivity contribution in [1.82, 2.24) is 5.43 Å². The third-order valence-electron chi connectivity index (χ3n) is 1.78. The Morgan fingerprint density at radius 2 is 1.43 bits per heavy atom. The summed E-state index contributed by atoms with van der Waals surface area (Å²) in [5, 5.41) is 53.6. The highest BCUT2D eigenvalue weighted by Crippen LogP contribution is 2.06. The molecule has 8 nitrogen and oxygen atoms in total. The number of nitrogens with two attached hydrogens (primary N) is 1. The normalized spacial score (nSPS) is 22.5. The summed E-state index contributed by atoms with van der Waals surface area (Å²) in [6.45, 7) is -0.781. The van der Waals surface area contributed by atoms with Crippen LogP contribution in [0.4, 0.5) is 0 Å². The van der Waals surface area contributed by atoms with Crippen LogP contribution < -0.4 is 11.3 Å². The van der Waals surface area contributed by atoms with Gasteiger partial charge in [-0.25, -0.2) is 5.43 Å². The fourth-order valence-corrected chi connectivity index (χ4v) is 0.823. The lowest BCUT2D eigenvalue weighted by Crippen LogP contribution is -2.55. The van der Waals surface area contributed by atoms with Crippen molar-refractivity contribution in [2.24, 2.45) is 5.84 Å². The van der Waals surface area contributed by atoms with E-state index in [9.17, 15) is 0 Å². The van der Waals surface area contributed by atoms with Crippen molar-refractivity contribution in [3.63, 3.8) is 0 Å². The van der Waals surface area contributed by atoms with Gasteiger partial charge in [0, 0.05) is 0 Å². The molecule has 86 valence electrons. The van der Waals surface area contributed by atoms with E-state index in [1.165, 1.54) is 0 Å². The second-order valence-electron chi connectivity index (χ2n) is 2.83. The molecule has 5 atom stereocenters. The number of aliphatic hydroxyl groups is 6. The van der Waals surface area contributed by atoms with Crippen LogP contribution in [0, 0.1) is 0 Å². The van der Waals surface area contributed by atoms with Gasteiger partial charge >= 0.3 is 0 Å². The molecule has 0 aliphatic carbocycles. The minimum absolute atomic E-state index is 0.781. The summed E-state index contributed by atoms with van der Waals surface area (Å²) in [6.07, 6.45) is -8.65. The Kier molecular flexibility index (Phi) is 6.08. The molecule has 0 heterocycles. The van der Waals surface area contributed by atoms with Crippen molar-refractivity contribution < 1.29 is 30.6 Å². The maximum atomic E-state index is 9.16. The van der Waals surface area contributed by atoms with Gasteiger partial charge < -0.3 is 30.6 Å². The standard InChI is InChI=1S/C6H16N2O6/c7-8-6(14)5(13)4(12)3(11)2(10)1-9/h2-6,8-14H,1,7H2/t2-,3-,4+,5+,6?/m1/s1. The summed E-state index contributed by atoms with van der Waals surface area (Å²) in [7, 11) is 0. The topological polar surface area (TPSA) is 159 Å². The summed E-state index contributed by atoms with van der Waals surface area (Å²) >= 11 is 0. The Bertz CT molecular complexity index is 143. The van der Waals surface area contributed by atoms with Gasteiger partial charge in [-0.05, 0) is 0 Å². The molecule has 0 saturated heterocycles. The van der Waals surface area contributed by atoms with Crippen LogP contribution in [0.15, 0.2) is 0 Å². The molecule has 0 aromatic heterocycles. The molecule has 0 fully saturated rings. The maximum Gasteiger partial charge on any atom is 0.145 e. The van der Waals surface area contributed by atoms with E-state index >= 15 is 0 Å². The van der Waals surface area contributed by atoms with E-state index in [-0.39, 0.29) is 0 Å². The fraction of sp³-hybridized carbons (Fsp3) is 1.00. The molecule has 0 aliphatic heterocycles. The molecule has 0 amide bonds. The SMILES string of the molecule is NNC(O)[C@@H](O)[C@@H](O)[C@H](O)[C@H](O)CO. The highest BCUT2D eigenvalue weighted by atomic mass is 16.4. The van der Waals surface area contributed by atoms with Crippen molar-refractivity contribution in [2.45, 2.75) is 30.6 Å². The molecular weight excluding hydrogens is 196 g/mol. The molecule has 0 radical (unpaired) electrons. The highest BCUT2D eigenvalue weighted by Gasteiger charge is 2.33. The van der Waals surface area contributed by atoms with Crippen molar-refractivity contribution in [2.75, 3.05) is 6.61 Å². The number of nitrogens with one attached hydrogen (secondary N) is 1. The summed E-state index contributed by atoms with van der Waals surface area (Å²) in [5.74, 6) is 4.75. The first-order valence-corrected chi connectivity index (χ1v) is 3.93. The Morgan fingerprint density at radius 1 is 0.929 bits per heavy atom. The highest BCUT2D eigenvalue weighted by molar-refractivity contribution is 4.82. The van der Waals surface area contributed by atoms with Crippen molar-refractivity contribution in [3.05, 3.63) is 0 Å². The van der Waals surface area contributed by atoms with Crippen LogP contribution in [-0.4, -0.2) is 67.9 Å². The third kappa shape index (κ3) is 3.44. The molecule has 0 spiro atoms. The first-order valence-electron chi connectivity index (χ1n) is 3.93. The van der Waals surface area contributed by atoms with E-state index in [4.69, 9.17) is 36.5 Å². The Morgan fingerprint density at radius 3 is 1.79 bits per heavy atom. The Labute approximate surface area is 80.2 Å². The lowest BCUT2D eigenvalue weighted by molar-refractivity contribution is -0.145. The smallest absolute Gasteiger partial charge is 0.145 e. The van der Waals surface area contributed by atoms with Gasteiger partial charge in [0.2, 0.25) is 0 Å². The molecule has 0 saturated carbocycles. The lowest BCUT2D eigenvalue weighted by Gasteiger charge is -2.27. The van der Waals surface area contributed by atoms with Gasteiger partial charge in [-0.2, -0.15) is 0 Å². The van der Waals surface area contributed by atoms with Gasteiger partial charge in [0.25, 0.3) is 0 Å². The summed E-state index contributed by atoms with van der Waals surface area (Å²) < 4.78 is 0.